The third kappa shape index (κ3) is 3.11. The van der Waals surface area contributed by atoms with Gasteiger partial charge in [0.15, 0.2) is 0 Å². The second kappa shape index (κ2) is 6.90. The minimum Gasteiger partial charge on any atom is -0.464 e. The molecule has 0 radical (unpaired) electrons. The van der Waals surface area contributed by atoms with Crippen LogP contribution in [0.4, 0.5) is 5.69 Å². The Morgan fingerprint density at radius 1 is 1.07 bits per heavy atom. The van der Waals surface area contributed by atoms with Gasteiger partial charge >= 0.3 is 0 Å². The van der Waals surface area contributed by atoms with E-state index in [4.69, 9.17) is 21.4 Å². The van der Waals surface area contributed by atoms with E-state index in [9.17, 15) is 10.1 Å². The summed E-state index contributed by atoms with van der Waals surface area (Å²) in [4.78, 5) is 10.8. The Balaban J connectivity index is 1.61. The Morgan fingerprint density at radius 3 is 2.69 bits per heavy atom. The molecule has 0 amide bonds. The molecular weight excluding hydrogens is 390 g/mol. The standard InChI is InChI=1S/C22H16ClN3O3/c23-16-9-10-21-18(12-16)20-13-19(14-5-2-1-3-6-14)24-25(20)22(29-21)15-7-4-8-17(11-15)26(27)28/h1-12,20,22H,13H2/t20-,22-/m1/s1. The van der Waals surface area contributed by atoms with Crippen molar-refractivity contribution in [3.63, 3.8) is 0 Å². The van der Waals surface area contributed by atoms with Gasteiger partial charge in [-0.05, 0) is 23.8 Å². The summed E-state index contributed by atoms with van der Waals surface area (Å²) in [5.41, 5.74) is 3.67. The van der Waals surface area contributed by atoms with Crippen LogP contribution in [-0.4, -0.2) is 15.6 Å². The molecule has 6 nitrogen and oxygen atoms in total. The van der Waals surface area contributed by atoms with E-state index in [1.807, 2.05) is 53.5 Å². The van der Waals surface area contributed by atoms with Gasteiger partial charge in [0.05, 0.1) is 16.7 Å². The summed E-state index contributed by atoms with van der Waals surface area (Å²) in [6.45, 7) is 0. The van der Waals surface area contributed by atoms with Crippen LogP contribution in [0.25, 0.3) is 0 Å². The third-order valence-electron chi connectivity index (χ3n) is 5.23. The molecule has 0 saturated carbocycles. The zero-order valence-corrected chi connectivity index (χ0v) is 16.0. The highest BCUT2D eigenvalue weighted by atomic mass is 35.5. The number of benzene rings is 3. The number of nitrogens with zero attached hydrogens (tertiary/aromatic N) is 3. The molecule has 0 aliphatic carbocycles. The molecule has 2 atom stereocenters. The van der Waals surface area contributed by atoms with Crippen molar-refractivity contribution in [1.82, 2.24) is 5.01 Å². The van der Waals surface area contributed by atoms with Gasteiger partial charge in [0, 0.05) is 34.7 Å². The van der Waals surface area contributed by atoms with Crippen LogP contribution in [0.15, 0.2) is 77.9 Å². The Kier molecular flexibility index (Phi) is 4.21. The SMILES string of the molecule is O=[N+]([O-])c1cccc([C@H]2Oc3ccc(Cl)cc3[C@H]3CC(c4ccccc4)=NN32)c1. The van der Waals surface area contributed by atoms with Gasteiger partial charge in [-0.25, -0.2) is 5.01 Å². The number of fused-ring (bicyclic) bond motifs is 3. The first kappa shape index (κ1) is 17.7. The molecule has 0 N–H and O–H groups in total. The molecule has 29 heavy (non-hydrogen) atoms. The molecule has 144 valence electrons. The van der Waals surface area contributed by atoms with Crippen molar-refractivity contribution in [2.75, 3.05) is 0 Å². The van der Waals surface area contributed by atoms with Crippen molar-refractivity contribution in [3.8, 4) is 5.75 Å². The fraction of sp³-hybridized carbons (Fsp3) is 0.136. The van der Waals surface area contributed by atoms with Gasteiger partial charge in [0.1, 0.15) is 5.75 Å². The average molecular weight is 406 g/mol. The fourth-order valence-corrected chi connectivity index (χ4v) is 4.06. The van der Waals surface area contributed by atoms with Gasteiger partial charge in [0.25, 0.3) is 5.69 Å². The average Bonchev–Trinajstić information content (AvgIpc) is 3.20. The molecule has 0 aromatic heterocycles. The maximum atomic E-state index is 11.2. The number of hydrogen-bond donors (Lipinski definition) is 0. The summed E-state index contributed by atoms with van der Waals surface area (Å²) >= 11 is 6.24. The molecule has 3 aromatic carbocycles. The van der Waals surface area contributed by atoms with Crippen LogP contribution in [0.5, 0.6) is 5.75 Å². The van der Waals surface area contributed by atoms with E-state index in [0.29, 0.717) is 17.0 Å². The second-order valence-corrected chi connectivity index (χ2v) is 7.45. The first-order valence-electron chi connectivity index (χ1n) is 9.22. The highest BCUT2D eigenvalue weighted by Crippen LogP contribution is 2.48. The molecule has 0 spiro atoms. The lowest BCUT2D eigenvalue weighted by Gasteiger charge is -2.38. The predicted molar refractivity (Wildman–Crippen MR) is 110 cm³/mol. The topological polar surface area (TPSA) is 68.0 Å². The van der Waals surface area contributed by atoms with E-state index in [2.05, 4.69) is 0 Å². The summed E-state index contributed by atoms with van der Waals surface area (Å²) in [7, 11) is 0. The minimum atomic E-state index is -0.560. The second-order valence-electron chi connectivity index (χ2n) is 7.02. The van der Waals surface area contributed by atoms with E-state index < -0.39 is 11.2 Å². The van der Waals surface area contributed by atoms with Gasteiger partial charge in [-0.3, -0.25) is 10.1 Å². The maximum absolute atomic E-state index is 11.2. The van der Waals surface area contributed by atoms with Gasteiger partial charge in [-0.1, -0.05) is 54.1 Å². The van der Waals surface area contributed by atoms with Crippen molar-refractivity contribution in [2.45, 2.75) is 18.7 Å². The molecule has 5 rings (SSSR count). The lowest BCUT2D eigenvalue weighted by molar-refractivity contribution is -0.385. The molecule has 2 aliphatic rings. The zero-order valence-electron chi connectivity index (χ0n) is 15.2. The molecular formula is C22H16ClN3O3. The number of hydrogen-bond acceptors (Lipinski definition) is 5. The molecule has 7 heteroatoms. The molecule has 0 bridgehead atoms. The van der Waals surface area contributed by atoms with Crippen LogP contribution in [0, 0.1) is 10.1 Å². The first-order chi connectivity index (χ1) is 14.1. The van der Waals surface area contributed by atoms with Crippen LogP contribution in [0.2, 0.25) is 5.02 Å². The molecule has 0 unspecified atom stereocenters. The number of non-ortho nitro benzene ring substituents is 1. The number of nitro benzene ring substituents is 1. The summed E-state index contributed by atoms with van der Waals surface area (Å²) in [6, 6.07) is 22.0. The largest absolute Gasteiger partial charge is 0.464 e. The Hall–Kier alpha value is -3.38. The van der Waals surface area contributed by atoms with Gasteiger partial charge in [-0.15, -0.1) is 0 Å². The van der Waals surface area contributed by atoms with Crippen molar-refractivity contribution in [2.24, 2.45) is 5.10 Å². The lowest BCUT2D eigenvalue weighted by Crippen LogP contribution is -2.33. The predicted octanol–water partition coefficient (Wildman–Crippen LogP) is 5.49. The van der Waals surface area contributed by atoms with Crippen LogP contribution < -0.4 is 4.74 Å². The van der Waals surface area contributed by atoms with Gasteiger partial charge < -0.3 is 4.74 Å². The molecule has 3 aromatic rings. The summed E-state index contributed by atoms with van der Waals surface area (Å²) < 4.78 is 6.24. The summed E-state index contributed by atoms with van der Waals surface area (Å²) in [5.74, 6) is 0.719. The van der Waals surface area contributed by atoms with Crippen LogP contribution in [0.1, 0.15) is 35.4 Å². The van der Waals surface area contributed by atoms with Crippen molar-refractivity contribution in [3.05, 3.63) is 105 Å². The maximum Gasteiger partial charge on any atom is 0.269 e. The van der Waals surface area contributed by atoms with Crippen LogP contribution >= 0.6 is 11.6 Å². The number of ether oxygens (including phenoxy) is 1. The zero-order chi connectivity index (χ0) is 20.0. The third-order valence-corrected chi connectivity index (χ3v) is 5.46. The Morgan fingerprint density at radius 2 is 1.90 bits per heavy atom. The number of halogens is 1. The van der Waals surface area contributed by atoms with Gasteiger partial charge in [0.2, 0.25) is 6.23 Å². The van der Waals surface area contributed by atoms with E-state index >= 15 is 0 Å². The Labute approximate surface area is 172 Å². The molecule has 2 aliphatic heterocycles. The highest BCUT2D eigenvalue weighted by Gasteiger charge is 2.41. The highest BCUT2D eigenvalue weighted by molar-refractivity contribution is 6.30. The number of nitro groups is 1. The van der Waals surface area contributed by atoms with E-state index in [-0.39, 0.29) is 11.7 Å². The smallest absolute Gasteiger partial charge is 0.269 e. The first-order valence-corrected chi connectivity index (χ1v) is 9.59. The fourth-order valence-electron chi connectivity index (χ4n) is 3.88. The lowest BCUT2D eigenvalue weighted by atomic mass is 9.96. The summed E-state index contributed by atoms with van der Waals surface area (Å²) in [5, 5.41) is 18.6. The van der Waals surface area contributed by atoms with Crippen molar-refractivity contribution >= 4 is 23.0 Å². The van der Waals surface area contributed by atoms with Crippen LogP contribution in [-0.2, 0) is 0 Å². The molecule has 2 heterocycles. The molecule has 0 saturated heterocycles. The summed E-state index contributed by atoms with van der Waals surface area (Å²) in [6.07, 6.45) is 0.140. The minimum absolute atomic E-state index is 0.0241. The Bertz CT molecular complexity index is 1130. The number of hydrazone groups is 1. The van der Waals surface area contributed by atoms with E-state index in [1.54, 1.807) is 18.2 Å². The molecule has 0 fully saturated rings. The monoisotopic (exact) mass is 405 g/mol. The number of rotatable bonds is 3. The van der Waals surface area contributed by atoms with Crippen LogP contribution in [0.3, 0.4) is 0 Å². The van der Waals surface area contributed by atoms with Gasteiger partial charge in [-0.2, -0.15) is 5.10 Å². The van der Waals surface area contributed by atoms with Crippen molar-refractivity contribution < 1.29 is 9.66 Å². The quantitative estimate of drug-likeness (QED) is 0.426. The normalized spacial score (nSPS) is 19.8. The van der Waals surface area contributed by atoms with E-state index in [0.717, 1.165) is 22.6 Å². The van der Waals surface area contributed by atoms with Crippen molar-refractivity contribution in [1.29, 1.82) is 0 Å². The van der Waals surface area contributed by atoms with E-state index in [1.165, 1.54) is 6.07 Å².